The Morgan fingerprint density at radius 1 is 1.02 bits per heavy atom. The molecule has 46 heavy (non-hydrogen) atoms. The predicted octanol–water partition coefficient (Wildman–Crippen LogP) is 5.27. The Bertz CT molecular complexity index is 1580. The number of esters is 1. The number of rotatable bonds is 11. The molecule has 2 saturated heterocycles. The van der Waals surface area contributed by atoms with E-state index in [1.54, 1.807) is 0 Å². The highest BCUT2D eigenvalue weighted by molar-refractivity contribution is 7.17. The van der Waals surface area contributed by atoms with Crippen molar-refractivity contribution in [2.75, 3.05) is 31.6 Å². The lowest BCUT2D eigenvalue weighted by Crippen LogP contribution is -2.57. The van der Waals surface area contributed by atoms with Crippen LogP contribution in [0, 0.1) is 6.92 Å². The molecule has 3 heterocycles. The maximum absolute atomic E-state index is 13.4. The fourth-order valence-corrected chi connectivity index (χ4v) is 6.34. The van der Waals surface area contributed by atoms with Crippen molar-refractivity contribution in [1.82, 2.24) is 15.5 Å². The molecule has 2 unspecified atom stereocenters. The third-order valence-electron chi connectivity index (χ3n) is 7.95. The molecular weight excluding hydrogens is 608 g/mol. The van der Waals surface area contributed by atoms with Crippen LogP contribution in [0.3, 0.4) is 0 Å². The first-order valence-electron chi connectivity index (χ1n) is 15.5. The highest BCUT2D eigenvalue weighted by Crippen LogP contribution is 2.30. The summed E-state index contributed by atoms with van der Waals surface area (Å²) in [6.45, 7) is 8.68. The molecule has 5 rings (SSSR count). The second-order valence-corrected chi connectivity index (χ2v) is 12.8. The molecule has 0 radical (unpaired) electrons. The van der Waals surface area contributed by atoms with Crippen molar-refractivity contribution >= 4 is 40.9 Å². The maximum atomic E-state index is 13.4. The molecule has 1 aromatic heterocycles. The topological polar surface area (TPSA) is 135 Å². The van der Waals surface area contributed by atoms with Crippen molar-refractivity contribution in [2.45, 2.75) is 65.0 Å². The summed E-state index contributed by atoms with van der Waals surface area (Å²) in [6.07, 6.45) is 0.592. The molecule has 0 spiro atoms. The van der Waals surface area contributed by atoms with Crippen LogP contribution in [0.15, 0.2) is 54.6 Å². The van der Waals surface area contributed by atoms with Gasteiger partial charge in [0.15, 0.2) is 0 Å². The number of hydrogen-bond donors (Lipinski definition) is 3. The lowest BCUT2D eigenvalue weighted by Gasteiger charge is -2.39. The van der Waals surface area contributed by atoms with Crippen LogP contribution >= 0.6 is 11.3 Å². The standard InChI is InChI=1S/C34H40N4O7S/c1-20-10-11-26(37-27-18-38(19-27)34(42)45-23(4)44-22(3)39)16-29(20)32(40)36-21(2)24-7-5-8-25(15-24)30-12-13-31(46-30)33(41)35-17-28-9-6-14-43-28/h5,7-8,10-13,15-16,21,23,27-28,37H,6,9,14,17-19H2,1-4H3,(H,35,41)(H,36,40)/t21-,23?,28?/m1/s1. The Labute approximate surface area is 272 Å². The van der Waals surface area contributed by atoms with Crippen molar-refractivity contribution in [3.8, 4) is 10.4 Å². The predicted molar refractivity (Wildman–Crippen MR) is 175 cm³/mol. The number of carbonyl (C=O) groups is 4. The van der Waals surface area contributed by atoms with Crippen molar-refractivity contribution in [3.05, 3.63) is 76.2 Å². The molecule has 2 fully saturated rings. The molecule has 3 aromatic rings. The van der Waals surface area contributed by atoms with Gasteiger partial charge in [0.25, 0.3) is 11.8 Å². The first kappa shape index (κ1) is 33.0. The van der Waals surface area contributed by atoms with Gasteiger partial charge in [0.05, 0.1) is 23.1 Å². The summed E-state index contributed by atoms with van der Waals surface area (Å²) in [7, 11) is 0. The first-order valence-corrected chi connectivity index (χ1v) is 16.3. The van der Waals surface area contributed by atoms with Crippen molar-refractivity contribution in [2.24, 2.45) is 0 Å². The Hall–Kier alpha value is -4.42. The molecule has 3 amide bonds. The van der Waals surface area contributed by atoms with E-state index in [0.717, 1.165) is 46.7 Å². The largest absolute Gasteiger partial charge is 0.426 e. The number of nitrogens with zero attached hydrogens (tertiary/aromatic N) is 1. The van der Waals surface area contributed by atoms with Gasteiger partial charge >= 0.3 is 12.1 Å². The van der Waals surface area contributed by atoms with Gasteiger partial charge in [0.2, 0.25) is 6.29 Å². The normalized spacial score (nSPS) is 17.4. The second-order valence-electron chi connectivity index (χ2n) is 11.7. The molecule has 2 aromatic carbocycles. The number of hydrogen-bond acceptors (Lipinski definition) is 9. The molecule has 2 aliphatic rings. The third kappa shape index (κ3) is 8.43. The zero-order valence-electron chi connectivity index (χ0n) is 26.5. The average Bonchev–Trinajstić information content (AvgIpc) is 3.71. The number of amides is 3. The van der Waals surface area contributed by atoms with Crippen molar-refractivity contribution in [3.63, 3.8) is 0 Å². The molecule has 12 heteroatoms. The van der Waals surface area contributed by atoms with Gasteiger partial charge in [-0.1, -0.05) is 24.3 Å². The Morgan fingerprint density at radius 2 is 1.83 bits per heavy atom. The number of likely N-dealkylation sites (tertiary alicyclic amines) is 1. The SMILES string of the molecule is CC(=O)OC(C)OC(=O)N1CC(Nc2ccc(C)c(C(=O)N[C@H](C)c3cccc(-c4ccc(C(=O)NCC5CCCO5)s4)c3)c2)C1. The average molecular weight is 649 g/mol. The van der Waals surface area contributed by atoms with Gasteiger partial charge in [0.1, 0.15) is 0 Å². The quantitative estimate of drug-likeness (QED) is 0.189. The van der Waals surface area contributed by atoms with E-state index >= 15 is 0 Å². The van der Waals surface area contributed by atoms with Crippen LogP contribution in [0.1, 0.15) is 70.8 Å². The highest BCUT2D eigenvalue weighted by atomic mass is 32.1. The van der Waals surface area contributed by atoms with Crippen LogP contribution in [-0.2, 0) is 19.0 Å². The number of anilines is 1. The number of benzene rings is 2. The Morgan fingerprint density at radius 3 is 2.57 bits per heavy atom. The zero-order chi connectivity index (χ0) is 32.8. The van der Waals surface area contributed by atoms with E-state index in [-0.39, 0.29) is 30.0 Å². The monoisotopic (exact) mass is 648 g/mol. The number of aryl methyl sites for hydroxylation is 1. The third-order valence-corrected chi connectivity index (χ3v) is 9.09. The van der Waals surface area contributed by atoms with Crippen LogP contribution < -0.4 is 16.0 Å². The minimum Gasteiger partial charge on any atom is -0.426 e. The summed E-state index contributed by atoms with van der Waals surface area (Å²) in [5.74, 6) is -0.816. The summed E-state index contributed by atoms with van der Waals surface area (Å²) in [5, 5.41) is 9.46. The smallest absolute Gasteiger partial charge is 0.412 e. The lowest BCUT2D eigenvalue weighted by molar-refractivity contribution is -0.163. The van der Waals surface area contributed by atoms with E-state index in [4.69, 9.17) is 14.2 Å². The van der Waals surface area contributed by atoms with E-state index < -0.39 is 18.4 Å². The fourth-order valence-electron chi connectivity index (χ4n) is 5.42. The molecule has 2 aliphatic heterocycles. The van der Waals surface area contributed by atoms with Gasteiger partial charge in [-0.3, -0.25) is 14.4 Å². The van der Waals surface area contributed by atoms with Gasteiger partial charge in [0, 0.05) is 56.2 Å². The fraction of sp³-hybridized carbons (Fsp3) is 0.412. The van der Waals surface area contributed by atoms with Crippen LogP contribution in [-0.4, -0.2) is 73.5 Å². The Kier molecular flexibility index (Phi) is 10.6. The molecule has 0 saturated carbocycles. The molecular formula is C34H40N4O7S. The summed E-state index contributed by atoms with van der Waals surface area (Å²) in [6, 6.07) is 17.1. The lowest BCUT2D eigenvalue weighted by atomic mass is 10.0. The number of carbonyl (C=O) groups excluding carboxylic acids is 4. The van der Waals surface area contributed by atoms with E-state index in [2.05, 4.69) is 16.0 Å². The minimum atomic E-state index is -0.955. The molecule has 244 valence electrons. The van der Waals surface area contributed by atoms with E-state index in [1.807, 2.05) is 68.4 Å². The van der Waals surface area contributed by atoms with E-state index in [0.29, 0.717) is 30.1 Å². The Balaban J connectivity index is 1.15. The minimum absolute atomic E-state index is 0.0120. The highest BCUT2D eigenvalue weighted by Gasteiger charge is 2.33. The van der Waals surface area contributed by atoms with Gasteiger partial charge in [-0.25, -0.2) is 4.79 Å². The van der Waals surface area contributed by atoms with Crippen molar-refractivity contribution < 1.29 is 33.4 Å². The molecule has 3 atom stereocenters. The number of thiophene rings is 1. The maximum Gasteiger partial charge on any atom is 0.412 e. The van der Waals surface area contributed by atoms with E-state index in [9.17, 15) is 19.2 Å². The first-order chi connectivity index (χ1) is 22.0. The van der Waals surface area contributed by atoms with Gasteiger partial charge in [-0.2, -0.15) is 0 Å². The second kappa shape index (κ2) is 14.8. The van der Waals surface area contributed by atoms with Gasteiger partial charge in [-0.15, -0.1) is 11.3 Å². The van der Waals surface area contributed by atoms with Gasteiger partial charge in [-0.05, 0) is 73.7 Å². The summed E-state index contributed by atoms with van der Waals surface area (Å²) >= 11 is 1.44. The van der Waals surface area contributed by atoms with Gasteiger partial charge < -0.3 is 35.1 Å². The summed E-state index contributed by atoms with van der Waals surface area (Å²) in [4.78, 5) is 52.4. The van der Waals surface area contributed by atoms with Crippen LogP contribution in [0.2, 0.25) is 0 Å². The number of ether oxygens (including phenoxy) is 3. The summed E-state index contributed by atoms with van der Waals surface area (Å²) < 4.78 is 15.6. The molecule has 11 nitrogen and oxygen atoms in total. The molecule has 0 bridgehead atoms. The van der Waals surface area contributed by atoms with Crippen LogP contribution in [0.5, 0.6) is 0 Å². The summed E-state index contributed by atoms with van der Waals surface area (Å²) in [5.41, 5.74) is 4.08. The zero-order valence-corrected chi connectivity index (χ0v) is 27.3. The molecule has 0 aliphatic carbocycles. The van der Waals surface area contributed by atoms with Crippen LogP contribution in [0.25, 0.3) is 10.4 Å². The number of nitrogens with one attached hydrogen (secondary N) is 3. The van der Waals surface area contributed by atoms with E-state index in [1.165, 1.54) is 30.1 Å². The molecule has 3 N–H and O–H groups in total. The van der Waals surface area contributed by atoms with Crippen LogP contribution in [0.4, 0.5) is 10.5 Å². The van der Waals surface area contributed by atoms with Crippen molar-refractivity contribution in [1.29, 1.82) is 0 Å².